The lowest BCUT2D eigenvalue weighted by molar-refractivity contribution is -0.145. The number of nitrogens with zero attached hydrogens (tertiary/aromatic N) is 3. The number of hydrogen-bond donors (Lipinski definition) is 1. The topological polar surface area (TPSA) is 38.8 Å². The van der Waals surface area contributed by atoms with Crippen molar-refractivity contribution in [1.82, 2.24) is 20.0 Å². The molecule has 2 atom stereocenters. The smallest absolute Gasteiger partial charge is 0.333 e. The summed E-state index contributed by atoms with van der Waals surface area (Å²) in [6, 6.07) is 46.8. The summed E-state index contributed by atoms with van der Waals surface area (Å²) in [6.45, 7) is 12.1. The molecule has 64 heavy (non-hydrogen) atoms. The maximum Gasteiger partial charge on any atom is 0.417 e. The Bertz CT molecular complexity index is 2430. The fourth-order valence-electron chi connectivity index (χ4n) is 8.54. The molecule has 334 valence electrons. The van der Waals surface area contributed by atoms with E-state index in [0.717, 1.165) is 61.5 Å². The molecule has 6 aromatic rings. The second-order valence-electron chi connectivity index (χ2n) is 17.5. The largest absolute Gasteiger partial charge is 0.417 e. The van der Waals surface area contributed by atoms with Gasteiger partial charge in [0.15, 0.2) is 0 Å². The predicted molar refractivity (Wildman–Crippen MR) is 242 cm³/mol. The Labute approximate surface area is 372 Å². The van der Waals surface area contributed by atoms with Gasteiger partial charge in [-0.15, -0.1) is 0 Å². The van der Waals surface area contributed by atoms with Crippen LogP contribution in [-0.4, -0.2) is 59.9 Å². The van der Waals surface area contributed by atoms with Crippen LogP contribution in [0.3, 0.4) is 0 Å². The molecule has 0 aliphatic carbocycles. The predicted octanol–water partition coefficient (Wildman–Crippen LogP) is 12.3. The van der Waals surface area contributed by atoms with E-state index >= 15 is 0 Å². The first-order valence-corrected chi connectivity index (χ1v) is 21.6. The number of carbonyl (C=O) groups is 1. The van der Waals surface area contributed by atoms with Gasteiger partial charge < -0.3 is 10.2 Å². The van der Waals surface area contributed by atoms with Gasteiger partial charge >= 0.3 is 12.4 Å². The normalized spacial score (nSPS) is 17.7. The van der Waals surface area contributed by atoms with Crippen molar-refractivity contribution in [1.29, 1.82) is 0 Å². The Kier molecular flexibility index (Phi) is 14.4. The number of amides is 1. The minimum absolute atomic E-state index is 0.0467. The second kappa shape index (κ2) is 20.0. The van der Waals surface area contributed by atoms with Crippen LogP contribution in [0.1, 0.15) is 66.2 Å². The van der Waals surface area contributed by atoms with Crippen molar-refractivity contribution < 1.29 is 31.1 Å². The van der Waals surface area contributed by atoms with Gasteiger partial charge in [-0.2, -0.15) is 26.3 Å². The molecular weight excluding hydrogens is 823 g/mol. The van der Waals surface area contributed by atoms with Crippen LogP contribution < -0.4 is 5.32 Å². The van der Waals surface area contributed by atoms with Crippen molar-refractivity contribution in [3.63, 3.8) is 0 Å². The van der Waals surface area contributed by atoms with Crippen molar-refractivity contribution in [3.8, 4) is 22.3 Å². The molecule has 0 aromatic heterocycles. The van der Waals surface area contributed by atoms with Gasteiger partial charge in [-0.1, -0.05) is 166 Å². The van der Waals surface area contributed by atoms with E-state index in [1.165, 1.54) is 29.8 Å². The Morgan fingerprint density at radius 2 is 0.969 bits per heavy atom. The second-order valence-corrected chi connectivity index (χ2v) is 17.5. The SMILES string of the molecule is CC(C)(C)C(=O)N1CCN(Cc2ccc(-c3ccccc3C(F)(F)F)cc2)CC1c1ccccc1.FC(F)(F)c1ccccc1-c1ccc(CN2CCNC(c3ccccc3)C2)cc1. The van der Waals surface area contributed by atoms with Gasteiger partial charge in [-0.05, 0) is 56.6 Å². The summed E-state index contributed by atoms with van der Waals surface area (Å²) in [5, 5.41) is 3.55. The summed E-state index contributed by atoms with van der Waals surface area (Å²) in [5.74, 6) is 0.138. The monoisotopic (exact) mass is 876 g/mol. The van der Waals surface area contributed by atoms with Crippen LogP contribution in [0, 0.1) is 5.41 Å². The molecular formula is C53H54F6N4O. The quantitative estimate of drug-likeness (QED) is 0.155. The first kappa shape index (κ1) is 46.2. The standard InChI is InChI=1S/C29H31F3N2O.C24H23F3N2/c1-28(2,3)27(35)34-18-17-33(20-26(34)23-9-5-4-6-10-23)19-21-13-15-22(16-14-21)24-11-7-8-12-25(24)29(30,31)32;25-24(26,27)22-9-5-4-8-21(22)19-12-10-18(11-13-19)16-29-15-14-28-23(17-29)20-6-2-1-3-7-20/h4-16,26H,17-20H2,1-3H3;1-13,23,28H,14-17H2. The number of halogens is 6. The Morgan fingerprint density at radius 1 is 0.531 bits per heavy atom. The average Bonchev–Trinajstić information content (AvgIpc) is 3.29. The van der Waals surface area contributed by atoms with Crippen LogP contribution in [-0.2, 0) is 30.2 Å². The van der Waals surface area contributed by atoms with Crippen molar-refractivity contribution in [3.05, 3.63) is 191 Å². The number of rotatable bonds is 8. The van der Waals surface area contributed by atoms with Crippen LogP contribution in [0.25, 0.3) is 22.3 Å². The van der Waals surface area contributed by atoms with E-state index in [1.807, 2.05) is 86.3 Å². The Morgan fingerprint density at radius 3 is 1.44 bits per heavy atom. The maximum absolute atomic E-state index is 13.4. The summed E-state index contributed by atoms with van der Waals surface area (Å²) in [6.07, 6.45) is -8.76. The molecule has 0 bridgehead atoms. The van der Waals surface area contributed by atoms with E-state index in [1.54, 1.807) is 36.4 Å². The first-order valence-electron chi connectivity index (χ1n) is 21.6. The van der Waals surface area contributed by atoms with Gasteiger partial charge in [-0.25, -0.2) is 0 Å². The van der Waals surface area contributed by atoms with Crippen LogP contribution in [0.4, 0.5) is 26.3 Å². The lowest BCUT2D eigenvalue weighted by Gasteiger charge is -2.44. The van der Waals surface area contributed by atoms with Crippen molar-refractivity contribution >= 4 is 5.91 Å². The van der Waals surface area contributed by atoms with Crippen molar-refractivity contribution in [2.75, 3.05) is 39.3 Å². The van der Waals surface area contributed by atoms with E-state index in [9.17, 15) is 31.1 Å². The van der Waals surface area contributed by atoms with Gasteiger partial charge in [0.2, 0.25) is 5.91 Å². The third kappa shape index (κ3) is 11.7. The van der Waals surface area contributed by atoms with Gasteiger partial charge in [0.05, 0.1) is 17.2 Å². The van der Waals surface area contributed by atoms with Gasteiger partial charge in [0.25, 0.3) is 0 Å². The first-order chi connectivity index (χ1) is 30.5. The minimum Gasteiger partial charge on any atom is -0.333 e. The molecule has 2 aliphatic heterocycles. The molecule has 2 saturated heterocycles. The number of alkyl halides is 6. The summed E-state index contributed by atoms with van der Waals surface area (Å²) in [4.78, 5) is 19.8. The zero-order valence-corrected chi connectivity index (χ0v) is 36.3. The van der Waals surface area contributed by atoms with E-state index in [0.29, 0.717) is 36.8 Å². The van der Waals surface area contributed by atoms with E-state index in [2.05, 4.69) is 39.4 Å². The number of hydrogen-bond acceptors (Lipinski definition) is 4. The Balaban J connectivity index is 0.000000195. The van der Waals surface area contributed by atoms with Crippen molar-refractivity contribution in [2.24, 2.45) is 5.41 Å². The molecule has 8 rings (SSSR count). The van der Waals surface area contributed by atoms with E-state index < -0.39 is 28.9 Å². The highest BCUT2D eigenvalue weighted by atomic mass is 19.4. The molecule has 2 fully saturated rings. The van der Waals surface area contributed by atoms with Crippen LogP contribution in [0.15, 0.2) is 158 Å². The van der Waals surface area contributed by atoms with Gasteiger partial charge in [0, 0.05) is 63.8 Å². The lowest BCUT2D eigenvalue weighted by Crippen LogP contribution is -2.53. The third-order valence-corrected chi connectivity index (χ3v) is 11.8. The zero-order chi connectivity index (χ0) is 45.5. The van der Waals surface area contributed by atoms with Crippen LogP contribution in [0.5, 0.6) is 0 Å². The highest BCUT2D eigenvalue weighted by molar-refractivity contribution is 5.82. The lowest BCUT2D eigenvalue weighted by atomic mass is 9.91. The van der Waals surface area contributed by atoms with Gasteiger partial charge in [0.1, 0.15) is 0 Å². The number of piperazine rings is 2. The van der Waals surface area contributed by atoms with E-state index in [4.69, 9.17) is 0 Å². The zero-order valence-electron chi connectivity index (χ0n) is 36.3. The third-order valence-electron chi connectivity index (χ3n) is 11.8. The molecule has 2 heterocycles. The van der Waals surface area contributed by atoms with Crippen LogP contribution in [0.2, 0.25) is 0 Å². The number of benzene rings is 6. The molecule has 5 nitrogen and oxygen atoms in total. The highest BCUT2D eigenvalue weighted by Crippen LogP contribution is 2.39. The van der Waals surface area contributed by atoms with Crippen LogP contribution >= 0.6 is 0 Å². The minimum atomic E-state index is -4.40. The van der Waals surface area contributed by atoms with E-state index in [-0.39, 0.29) is 23.1 Å². The fourth-order valence-corrected chi connectivity index (χ4v) is 8.54. The molecule has 0 saturated carbocycles. The average molecular weight is 877 g/mol. The number of carbonyl (C=O) groups excluding carboxylic acids is 1. The molecule has 0 spiro atoms. The molecule has 2 aliphatic rings. The summed E-state index contributed by atoms with van der Waals surface area (Å²) in [7, 11) is 0. The molecule has 1 amide bonds. The maximum atomic E-state index is 13.4. The number of nitrogens with one attached hydrogen (secondary N) is 1. The molecule has 6 aromatic carbocycles. The summed E-state index contributed by atoms with van der Waals surface area (Å²) >= 11 is 0. The summed E-state index contributed by atoms with van der Waals surface area (Å²) < 4.78 is 80.1. The molecule has 2 unspecified atom stereocenters. The van der Waals surface area contributed by atoms with Crippen molar-refractivity contribution in [2.45, 2.75) is 58.3 Å². The fraction of sp³-hybridized carbons (Fsp3) is 0.302. The molecule has 11 heteroatoms. The summed E-state index contributed by atoms with van der Waals surface area (Å²) in [5.41, 5.74) is 4.37. The van der Waals surface area contributed by atoms with Gasteiger partial charge in [-0.3, -0.25) is 14.6 Å². The highest BCUT2D eigenvalue weighted by Gasteiger charge is 2.37. The Hall–Kier alpha value is -5.75. The molecule has 0 radical (unpaired) electrons. The molecule has 1 N–H and O–H groups in total.